The van der Waals surface area contributed by atoms with Crippen molar-refractivity contribution in [1.82, 2.24) is 10.0 Å². The molecule has 7 heteroatoms. The molecule has 0 aliphatic rings. The molecule has 1 rings (SSSR count). The van der Waals surface area contributed by atoms with Crippen LogP contribution in [-0.4, -0.2) is 26.4 Å². The number of nitrogens with one attached hydrogen (secondary N) is 2. The Bertz CT molecular complexity index is 583. The average molecular weight is 313 g/mol. The Morgan fingerprint density at radius 1 is 1.19 bits per heavy atom. The van der Waals surface area contributed by atoms with Crippen molar-refractivity contribution in [3.05, 3.63) is 35.4 Å². The molecule has 0 saturated carbocycles. The van der Waals surface area contributed by atoms with Gasteiger partial charge in [-0.15, -0.1) is 0 Å². The normalized spacial score (nSPS) is 13.2. The molecule has 0 heterocycles. The fourth-order valence-electron chi connectivity index (χ4n) is 1.82. The van der Waals surface area contributed by atoms with Gasteiger partial charge in [0, 0.05) is 12.6 Å². The predicted octanol–water partition coefficient (Wildman–Crippen LogP) is 0.478. The fourth-order valence-corrected chi connectivity index (χ4v) is 3.31. The molecule has 0 spiro atoms. The van der Waals surface area contributed by atoms with Gasteiger partial charge in [-0.25, -0.2) is 13.1 Å². The van der Waals surface area contributed by atoms with Crippen molar-refractivity contribution >= 4 is 15.9 Å². The van der Waals surface area contributed by atoms with Crippen LogP contribution < -0.4 is 15.8 Å². The highest BCUT2D eigenvalue weighted by molar-refractivity contribution is 7.88. The van der Waals surface area contributed by atoms with Crippen molar-refractivity contribution in [1.29, 1.82) is 0 Å². The second-order valence-electron chi connectivity index (χ2n) is 5.31. The second-order valence-corrected chi connectivity index (χ2v) is 7.06. The van der Waals surface area contributed by atoms with Gasteiger partial charge in [-0.05, 0) is 31.9 Å². The molecule has 0 bridgehead atoms. The van der Waals surface area contributed by atoms with Crippen molar-refractivity contribution in [3.8, 4) is 0 Å². The van der Waals surface area contributed by atoms with Gasteiger partial charge < -0.3 is 11.1 Å². The number of hydrogen-bond donors (Lipinski definition) is 3. The quantitative estimate of drug-likeness (QED) is 0.681. The summed E-state index contributed by atoms with van der Waals surface area (Å²) in [7, 11) is -3.40. The molecule has 0 unspecified atom stereocenters. The molecule has 1 aromatic rings. The summed E-state index contributed by atoms with van der Waals surface area (Å²) in [4.78, 5) is 11.5. The lowest BCUT2D eigenvalue weighted by atomic mass is 10.1. The first-order valence-corrected chi connectivity index (χ1v) is 8.46. The molecule has 0 radical (unpaired) electrons. The molecule has 1 amide bonds. The number of hydrogen-bond acceptors (Lipinski definition) is 4. The van der Waals surface area contributed by atoms with Crippen molar-refractivity contribution in [2.45, 2.75) is 45.2 Å². The zero-order valence-corrected chi connectivity index (χ0v) is 13.4. The average Bonchev–Trinajstić information content (AvgIpc) is 2.35. The van der Waals surface area contributed by atoms with Gasteiger partial charge >= 0.3 is 0 Å². The van der Waals surface area contributed by atoms with Crippen LogP contribution in [0.25, 0.3) is 0 Å². The van der Waals surface area contributed by atoms with Crippen molar-refractivity contribution in [2.75, 3.05) is 0 Å². The van der Waals surface area contributed by atoms with E-state index in [0.717, 1.165) is 5.56 Å². The Kier molecular flexibility index (Phi) is 6.32. The highest BCUT2D eigenvalue weighted by Crippen LogP contribution is 2.12. The Morgan fingerprint density at radius 2 is 1.76 bits per heavy atom. The SMILES string of the molecule is CC(C)NS(=O)(=O)Cc1ccccc1CNC(=O)[C@H](C)N. The van der Waals surface area contributed by atoms with Crippen LogP contribution in [0.3, 0.4) is 0 Å². The summed E-state index contributed by atoms with van der Waals surface area (Å²) in [6, 6.07) is 6.37. The minimum Gasteiger partial charge on any atom is -0.351 e. The zero-order valence-electron chi connectivity index (χ0n) is 12.6. The Labute approximate surface area is 126 Å². The van der Waals surface area contributed by atoms with Crippen LogP contribution in [0, 0.1) is 0 Å². The molecule has 118 valence electrons. The Morgan fingerprint density at radius 3 is 2.29 bits per heavy atom. The van der Waals surface area contributed by atoms with E-state index in [1.165, 1.54) is 0 Å². The monoisotopic (exact) mass is 313 g/mol. The van der Waals surface area contributed by atoms with Gasteiger partial charge in [0.05, 0.1) is 11.8 Å². The minimum atomic E-state index is -3.40. The van der Waals surface area contributed by atoms with Crippen LogP contribution >= 0.6 is 0 Å². The van der Waals surface area contributed by atoms with Gasteiger partial charge in [0.25, 0.3) is 0 Å². The predicted molar refractivity (Wildman–Crippen MR) is 82.8 cm³/mol. The van der Waals surface area contributed by atoms with E-state index < -0.39 is 16.1 Å². The number of carbonyl (C=O) groups is 1. The van der Waals surface area contributed by atoms with Gasteiger partial charge in [-0.3, -0.25) is 4.79 Å². The molecule has 0 aromatic heterocycles. The molecule has 6 nitrogen and oxygen atoms in total. The van der Waals surface area contributed by atoms with E-state index in [1.54, 1.807) is 45.0 Å². The van der Waals surface area contributed by atoms with Crippen LogP contribution in [0.2, 0.25) is 0 Å². The van der Waals surface area contributed by atoms with Crippen molar-refractivity contribution < 1.29 is 13.2 Å². The Hall–Kier alpha value is -1.44. The van der Waals surface area contributed by atoms with Crippen LogP contribution in [0.1, 0.15) is 31.9 Å². The Balaban J connectivity index is 2.82. The topological polar surface area (TPSA) is 101 Å². The molecule has 4 N–H and O–H groups in total. The van der Waals surface area contributed by atoms with Gasteiger partial charge in [0.1, 0.15) is 0 Å². The first-order chi connectivity index (χ1) is 9.71. The summed E-state index contributed by atoms with van der Waals surface area (Å²) < 4.78 is 26.5. The lowest BCUT2D eigenvalue weighted by Gasteiger charge is -2.14. The molecule has 21 heavy (non-hydrogen) atoms. The number of nitrogens with two attached hydrogens (primary N) is 1. The molecule has 0 fully saturated rings. The standard InChI is InChI=1S/C14H23N3O3S/c1-10(2)17-21(19,20)9-13-7-5-4-6-12(13)8-16-14(18)11(3)15/h4-7,10-11,17H,8-9,15H2,1-3H3,(H,16,18)/t11-/m0/s1. The van der Waals surface area contributed by atoms with E-state index >= 15 is 0 Å². The largest absolute Gasteiger partial charge is 0.351 e. The molecule has 0 saturated heterocycles. The maximum absolute atomic E-state index is 12.0. The molecule has 1 atom stereocenters. The summed E-state index contributed by atoms with van der Waals surface area (Å²) in [5.74, 6) is -0.386. The van der Waals surface area contributed by atoms with E-state index in [2.05, 4.69) is 10.0 Å². The van der Waals surface area contributed by atoms with E-state index in [0.29, 0.717) is 5.56 Å². The summed E-state index contributed by atoms with van der Waals surface area (Å²) in [5.41, 5.74) is 6.90. The molecule has 0 aliphatic heterocycles. The highest BCUT2D eigenvalue weighted by atomic mass is 32.2. The van der Waals surface area contributed by atoms with Crippen molar-refractivity contribution in [3.63, 3.8) is 0 Å². The third-order valence-electron chi connectivity index (χ3n) is 2.75. The van der Waals surface area contributed by atoms with Gasteiger partial charge in [-0.1, -0.05) is 24.3 Å². The van der Waals surface area contributed by atoms with Crippen LogP contribution in [0.4, 0.5) is 0 Å². The summed E-state index contributed by atoms with van der Waals surface area (Å²) in [6.45, 7) is 5.39. The van der Waals surface area contributed by atoms with Crippen LogP contribution in [-0.2, 0) is 27.1 Å². The fraction of sp³-hybridized carbons (Fsp3) is 0.500. The van der Waals surface area contributed by atoms with E-state index in [9.17, 15) is 13.2 Å². The highest BCUT2D eigenvalue weighted by Gasteiger charge is 2.15. The third kappa shape index (κ3) is 6.24. The molecule has 1 aromatic carbocycles. The van der Waals surface area contributed by atoms with E-state index in [1.807, 2.05) is 0 Å². The number of sulfonamides is 1. The van der Waals surface area contributed by atoms with E-state index in [4.69, 9.17) is 5.73 Å². The number of benzene rings is 1. The first kappa shape index (κ1) is 17.6. The van der Waals surface area contributed by atoms with Gasteiger partial charge in [-0.2, -0.15) is 0 Å². The van der Waals surface area contributed by atoms with E-state index in [-0.39, 0.29) is 24.2 Å². The maximum atomic E-state index is 12.0. The number of rotatable bonds is 7. The molecule has 0 aliphatic carbocycles. The summed E-state index contributed by atoms with van der Waals surface area (Å²) in [6.07, 6.45) is 0. The van der Waals surface area contributed by atoms with Crippen LogP contribution in [0.15, 0.2) is 24.3 Å². The second kappa shape index (κ2) is 7.53. The summed E-state index contributed by atoms with van der Waals surface area (Å²) in [5, 5.41) is 2.69. The smallest absolute Gasteiger partial charge is 0.236 e. The van der Waals surface area contributed by atoms with Gasteiger partial charge in [0.2, 0.25) is 15.9 Å². The molecular formula is C14H23N3O3S. The minimum absolute atomic E-state index is 0.116. The number of amides is 1. The van der Waals surface area contributed by atoms with Crippen molar-refractivity contribution in [2.24, 2.45) is 5.73 Å². The maximum Gasteiger partial charge on any atom is 0.236 e. The summed E-state index contributed by atoms with van der Waals surface area (Å²) >= 11 is 0. The van der Waals surface area contributed by atoms with Gasteiger partial charge in [0.15, 0.2) is 0 Å². The third-order valence-corrected chi connectivity index (χ3v) is 4.27. The lowest BCUT2D eigenvalue weighted by Crippen LogP contribution is -2.38. The first-order valence-electron chi connectivity index (χ1n) is 6.81. The number of carbonyl (C=O) groups excluding carboxylic acids is 1. The van der Waals surface area contributed by atoms with Crippen LogP contribution in [0.5, 0.6) is 0 Å². The lowest BCUT2D eigenvalue weighted by molar-refractivity contribution is -0.122. The molecular weight excluding hydrogens is 290 g/mol. The zero-order chi connectivity index (χ0) is 16.0.